The van der Waals surface area contributed by atoms with Crippen LogP contribution in [0, 0.1) is 11.3 Å². The highest BCUT2D eigenvalue weighted by molar-refractivity contribution is 7.95. The maximum atomic E-state index is 11.6. The monoisotopic (exact) mass is 306 g/mol. The fraction of sp³-hybridized carbons (Fsp3) is 0.400. The second-order valence-electron chi connectivity index (χ2n) is 5.40. The summed E-state index contributed by atoms with van der Waals surface area (Å²) < 4.78 is 23.2. The van der Waals surface area contributed by atoms with E-state index in [9.17, 15) is 8.42 Å². The maximum Gasteiger partial charge on any atom is 0.185 e. The van der Waals surface area contributed by atoms with E-state index in [1.807, 2.05) is 24.3 Å². The van der Waals surface area contributed by atoms with Crippen molar-refractivity contribution in [1.82, 2.24) is 0 Å². The molecule has 1 heterocycles. The van der Waals surface area contributed by atoms with Crippen LogP contribution in [-0.4, -0.2) is 47.9 Å². The summed E-state index contributed by atoms with van der Waals surface area (Å²) in [5.41, 5.74) is 1.76. The van der Waals surface area contributed by atoms with Crippen molar-refractivity contribution in [2.75, 3.05) is 44.4 Å². The number of benzene rings is 1. The minimum absolute atomic E-state index is 0.199. The van der Waals surface area contributed by atoms with Crippen molar-refractivity contribution in [2.45, 2.75) is 0 Å². The average Bonchev–Trinajstić information content (AvgIpc) is 2.45. The molecule has 0 atom stereocenters. The molecular formula is C15H20N3O2S+. The van der Waals surface area contributed by atoms with Gasteiger partial charge < -0.3 is 9.80 Å². The number of quaternary nitrogens is 1. The summed E-state index contributed by atoms with van der Waals surface area (Å²) in [5.74, 6) is 0. The summed E-state index contributed by atoms with van der Waals surface area (Å²) in [6.07, 6.45) is 2.53. The Morgan fingerprint density at radius 1 is 1.33 bits per heavy atom. The lowest BCUT2D eigenvalue weighted by atomic mass is 10.1. The van der Waals surface area contributed by atoms with Crippen LogP contribution in [0.5, 0.6) is 0 Å². The van der Waals surface area contributed by atoms with Gasteiger partial charge >= 0.3 is 0 Å². The predicted molar refractivity (Wildman–Crippen MR) is 83.7 cm³/mol. The molecule has 0 bridgehead atoms. The number of nitrogens with zero attached hydrogens (tertiary/aromatic N) is 2. The number of hydrogen-bond donors (Lipinski definition) is 1. The van der Waals surface area contributed by atoms with Crippen molar-refractivity contribution >= 4 is 21.6 Å². The number of rotatable bonds is 3. The highest BCUT2D eigenvalue weighted by atomic mass is 32.2. The van der Waals surface area contributed by atoms with Crippen molar-refractivity contribution < 1.29 is 13.3 Å². The van der Waals surface area contributed by atoms with E-state index in [0.29, 0.717) is 0 Å². The number of allylic oxidation sites excluding steroid dienone is 1. The molecule has 0 saturated carbocycles. The first-order chi connectivity index (χ1) is 9.91. The summed E-state index contributed by atoms with van der Waals surface area (Å²) in [7, 11) is -1.32. The van der Waals surface area contributed by atoms with E-state index in [1.54, 1.807) is 6.07 Å². The number of nitriles is 1. The zero-order valence-corrected chi connectivity index (χ0v) is 13.2. The Kier molecular flexibility index (Phi) is 4.66. The largest absolute Gasteiger partial charge is 0.360 e. The van der Waals surface area contributed by atoms with Gasteiger partial charge in [-0.1, -0.05) is 18.2 Å². The van der Waals surface area contributed by atoms with Gasteiger partial charge in [-0.05, 0) is 17.7 Å². The highest BCUT2D eigenvalue weighted by Gasteiger charge is 2.19. The molecule has 0 amide bonds. The van der Waals surface area contributed by atoms with E-state index in [0.717, 1.165) is 43.7 Å². The molecule has 112 valence electrons. The molecular weight excluding hydrogens is 286 g/mol. The number of sulfone groups is 1. The first kappa shape index (κ1) is 15.5. The summed E-state index contributed by atoms with van der Waals surface area (Å²) >= 11 is 0. The molecule has 5 nitrogen and oxygen atoms in total. The second-order valence-corrected chi connectivity index (χ2v) is 7.38. The van der Waals surface area contributed by atoms with Gasteiger partial charge in [0.25, 0.3) is 0 Å². The third-order valence-electron chi connectivity index (χ3n) is 3.69. The number of hydrogen-bond acceptors (Lipinski definition) is 4. The number of para-hydroxylation sites is 1. The van der Waals surface area contributed by atoms with E-state index in [2.05, 4.69) is 11.9 Å². The Morgan fingerprint density at radius 2 is 1.95 bits per heavy atom. The van der Waals surface area contributed by atoms with E-state index in [4.69, 9.17) is 5.26 Å². The van der Waals surface area contributed by atoms with E-state index >= 15 is 0 Å². The Bertz CT molecular complexity index is 681. The van der Waals surface area contributed by atoms with Crippen molar-refractivity contribution in [3.8, 4) is 6.07 Å². The van der Waals surface area contributed by atoms with Crippen molar-refractivity contribution in [2.24, 2.45) is 0 Å². The lowest BCUT2D eigenvalue weighted by Gasteiger charge is -2.32. The van der Waals surface area contributed by atoms with Crippen LogP contribution in [0.15, 0.2) is 29.2 Å². The molecule has 1 fully saturated rings. The minimum Gasteiger partial charge on any atom is -0.360 e. The second kappa shape index (κ2) is 6.29. The molecule has 21 heavy (non-hydrogen) atoms. The maximum absolute atomic E-state index is 11.6. The highest BCUT2D eigenvalue weighted by Crippen LogP contribution is 2.24. The average molecular weight is 306 g/mol. The van der Waals surface area contributed by atoms with Gasteiger partial charge in [-0.2, -0.15) is 5.26 Å². The van der Waals surface area contributed by atoms with Crippen LogP contribution in [0.2, 0.25) is 0 Å². The van der Waals surface area contributed by atoms with Crippen LogP contribution in [0.4, 0.5) is 5.69 Å². The van der Waals surface area contributed by atoms with Crippen molar-refractivity contribution in [3.63, 3.8) is 0 Å². The van der Waals surface area contributed by atoms with Crippen LogP contribution in [0.1, 0.15) is 5.56 Å². The molecule has 0 unspecified atom stereocenters. The van der Waals surface area contributed by atoms with Crippen molar-refractivity contribution in [1.29, 1.82) is 5.26 Å². The predicted octanol–water partition coefficient (Wildman–Crippen LogP) is -0.0696. The molecule has 6 heteroatoms. The molecule has 1 N–H and O–H groups in total. The summed E-state index contributed by atoms with van der Waals surface area (Å²) in [5, 5.41) is 9.04. The van der Waals surface area contributed by atoms with Gasteiger partial charge in [-0.15, -0.1) is 0 Å². The molecule has 0 aliphatic carbocycles. The molecule has 0 aromatic heterocycles. The van der Waals surface area contributed by atoms with Crippen molar-refractivity contribution in [3.05, 3.63) is 34.7 Å². The Hall–Kier alpha value is -1.84. The van der Waals surface area contributed by atoms with E-state index in [-0.39, 0.29) is 4.91 Å². The third kappa shape index (κ3) is 3.84. The SMILES string of the molecule is C[NH+]1CCN(c2ccccc2/C=C(/C#N)S(C)(=O)=O)CC1. The van der Waals surface area contributed by atoms with Gasteiger partial charge in [-0.25, -0.2) is 8.42 Å². The lowest BCUT2D eigenvalue weighted by molar-refractivity contribution is -0.880. The molecule has 2 rings (SSSR count). The molecule has 0 radical (unpaired) electrons. The molecule has 1 aliphatic heterocycles. The van der Waals surface area contributed by atoms with Gasteiger partial charge in [-0.3, -0.25) is 0 Å². The molecule has 1 aromatic rings. The molecule has 1 saturated heterocycles. The van der Waals surface area contributed by atoms with Gasteiger partial charge in [0, 0.05) is 11.9 Å². The summed E-state index contributed by atoms with van der Waals surface area (Å²) in [4.78, 5) is 3.54. The van der Waals surface area contributed by atoms with E-state index in [1.165, 1.54) is 11.0 Å². The smallest absolute Gasteiger partial charge is 0.185 e. The topological polar surface area (TPSA) is 65.6 Å². The molecule has 1 aromatic carbocycles. The summed E-state index contributed by atoms with van der Waals surface area (Å²) in [6, 6.07) is 9.39. The van der Waals surface area contributed by atoms with Crippen LogP contribution >= 0.6 is 0 Å². The van der Waals surface area contributed by atoms with Gasteiger partial charge in [0.15, 0.2) is 9.84 Å². The quantitative estimate of drug-likeness (QED) is 0.794. The first-order valence-corrected chi connectivity index (χ1v) is 8.78. The van der Waals surface area contributed by atoms with Gasteiger partial charge in [0.2, 0.25) is 0 Å². The number of anilines is 1. The van der Waals surface area contributed by atoms with E-state index < -0.39 is 9.84 Å². The van der Waals surface area contributed by atoms with Gasteiger partial charge in [0.05, 0.1) is 33.2 Å². The Balaban J connectivity index is 2.38. The fourth-order valence-electron chi connectivity index (χ4n) is 2.39. The minimum atomic E-state index is -3.49. The van der Waals surface area contributed by atoms with Crippen LogP contribution in [0.3, 0.4) is 0 Å². The standard InChI is InChI=1S/C15H19N3O2S/c1-17-7-9-18(10-8-17)15-6-4-3-5-13(15)11-14(12-16)21(2,19)20/h3-6,11H,7-10H2,1-2H3/p+1/b14-11-. The molecule has 0 spiro atoms. The number of nitrogens with one attached hydrogen (secondary N) is 1. The van der Waals surface area contributed by atoms with Crippen LogP contribution in [0.25, 0.3) is 6.08 Å². The zero-order valence-electron chi connectivity index (χ0n) is 12.3. The number of likely N-dealkylation sites (N-methyl/N-ethyl adjacent to an activating group) is 1. The van der Waals surface area contributed by atoms with Gasteiger partial charge in [0.1, 0.15) is 11.0 Å². The van der Waals surface area contributed by atoms with Crippen LogP contribution in [-0.2, 0) is 9.84 Å². The fourth-order valence-corrected chi connectivity index (χ4v) is 2.90. The first-order valence-electron chi connectivity index (χ1n) is 6.89. The number of piperazine rings is 1. The van der Waals surface area contributed by atoms with Crippen LogP contribution < -0.4 is 9.80 Å². The zero-order chi connectivity index (χ0) is 15.5. The third-order valence-corrected chi connectivity index (χ3v) is 4.70. The normalized spacial score (nSPS) is 17.6. The molecule has 1 aliphatic rings. The Labute approximate surface area is 126 Å². The lowest BCUT2D eigenvalue weighted by Crippen LogP contribution is -3.12. The Morgan fingerprint density at radius 3 is 2.52 bits per heavy atom. The summed E-state index contributed by atoms with van der Waals surface area (Å²) in [6.45, 7) is 3.96.